The highest BCUT2D eigenvalue weighted by atomic mass is 16.4. The lowest BCUT2D eigenvalue weighted by molar-refractivity contribution is -0.145. The van der Waals surface area contributed by atoms with Crippen LogP contribution < -0.4 is 0 Å². The van der Waals surface area contributed by atoms with E-state index in [1.54, 1.807) is 0 Å². The molecule has 1 aliphatic heterocycles. The minimum Gasteiger partial charge on any atom is -0.481 e. The Hall–Kier alpha value is -1.35. The van der Waals surface area contributed by atoms with Crippen molar-refractivity contribution >= 4 is 5.97 Å². The highest BCUT2D eigenvalue weighted by molar-refractivity contribution is 5.71. The normalized spacial score (nSPS) is 31.1. The summed E-state index contributed by atoms with van der Waals surface area (Å²) in [5, 5.41) is 9.40. The Labute approximate surface area is 114 Å². The van der Waals surface area contributed by atoms with Crippen LogP contribution in [-0.2, 0) is 11.3 Å². The second kappa shape index (κ2) is 4.97. The number of carboxylic acids is 1. The zero-order valence-corrected chi connectivity index (χ0v) is 11.2. The van der Waals surface area contributed by atoms with Crippen LogP contribution in [0.2, 0.25) is 0 Å². The summed E-state index contributed by atoms with van der Waals surface area (Å²) >= 11 is 0. The van der Waals surface area contributed by atoms with E-state index in [0.717, 1.165) is 45.3 Å². The van der Waals surface area contributed by atoms with Gasteiger partial charge in [-0.05, 0) is 36.8 Å². The lowest BCUT2D eigenvalue weighted by Gasteiger charge is -2.28. The lowest BCUT2D eigenvalue weighted by atomic mass is 9.77. The molecular weight excluding hydrogens is 238 g/mol. The highest BCUT2D eigenvalue weighted by Gasteiger charge is 2.50. The molecule has 1 aliphatic carbocycles. The van der Waals surface area contributed by atoms with Crippen molar-refractivity contribution in [1.29, 1.82) is 0 Å². The first-order chi connectivity index (χ1) is 9.20. The Kier molecular flexibility index (Phi) is 3.31. The first-order valence-electron chi connectivity index (χ1n) is 7.19. The van der Waals surface area contributed by atoms with E-state index in [-0.39, 0.29) is 11.3 Å². The summed E-state index contributed by atoms with van der Waals surface area (Å²) in [6.07, 6.45) is 4.09. The molecule has 1 N–H and O–H groups in total. The van der Waals surface area contributed by atoms with Crippen molar-refractivity contribution in [1.82, 2.24) is 4.90 Å². The monoisotopic (exact) mass is 259 g/mol. The molecule has 1 saturated carbocycles. The van der Waals surface area contributed by atoms with E-state index >= 15 is 0 Å². The molecular formula is C16H21NO2. The van der Waals surface area contributed by atoms with Crippen LogP contribution in [0.25, 0.3) is 0 Å². The van der Waals surface area contributed by atoms with E-state index in [1.807, 2.05) is 6.07 Å². The molecule has 0 aromatic heterocycles. The molecule has 2 fully saturated rings. The predicted molar refractivity (Wildman–Crippen MR) is 73.7 cm³/mol. The Balaban J connectivity index is 1.68. The predicted octanol–water partition coefficient (Wildman–Crippen LogP) is 2.76. The fourth-order valence-electron chi connectivity index (χ4n) is 3.97. The average Bonchev–Trinajstić information content (AvgIpc) is 2.99. The van der Waals surface area contributed by atoms with E-state index < -0.39 is 5.97 Å². The van der Waals surface area contributed by atoms with Gasteiger partial charge in [-0.2, -0.15) is 0 Å². The van der Waals surface area contributed by atoms with Gasteiger partial charge in [0, 0.05) is 13.1 Å². The molecule has 3 nitrogen and oxygen atoms in total. The molecule has 2 unspecified atom stereocenters. The number of carboxylic acid groups (broad SMARTS) is 1. The van der Waals surface area contributed by atoms with Crippen LogP contribution in [0.4, 0.5) is 0 Å². The molecule has 1 spiro atoms. The maximum Gasteiger partial charge on any atom is 0.307 e. The second-order valence-corrected chi connectivity index (χ2v) is 6.09. The van der Waals surface area contributed by atoms with Crippen molar-refractivity contribution in [3.05, 3.63) is 35.9 Å². The molecule has 0 bridgehead atoms. The number of carbonyl (C=O) groups is 1. The van der Waals surface area contributed by atoms with E-state index in [1.165, 1.54) is 5.56 Å². The van der Waals surface area contributed by atoms with Crippen molar-refractivity contribution < 1.29 is 9.90 Å². The Morgan fingerprint density at radius 1 is 1.32 bits per heavy atom. The van der Waals surface area contributed by atoms with Gasteiger partial charge in [-0.3, -0.25) is 9.69 Å². The molecule has 1 aromatic carbocycles. The molecule has 1 heterocycles. The molecule has 2 aliphatic rings. The SMILES string of the molecule is O=C(O)C1CCCC12CCN(Cc1ccccc1)C2. The van der Waals surface area contributed by atoms with Crippen LogP contribution >= 0.6 is 0 Å². The Morgan fingerprint density at radius 2 is 2.11 bits per heavy atom. The summed E-state index contributed by atoms with van der Waals surface area (Å²) in [7, 11) is 0. The topological polar surface area (TPSA) is 40.5 Å². The van der Waals surface area contributed by atoms with Gasteiger partial charge < -0.3 is 5.11 Å². The third kappa shape index (κ3) is 2.39. The van der Waals surface area contributed by atoms with E-state index in [0.29, 0.717) is 0 Å². The summed E-state index contributed by atoms with van der Waals surface area (Å²) in [4.78, 5) is 13.8. The molecule has 19 heavy (non-hydrogen) atoms. The second-order valence-electron chi connectivity index (χ2n) is 6.09. The standard InChI is InChI=1S/C16H21NO2/c18-15(19)14-7-4-8-16(14)9-10-17(12-16)11-13-5-2-1-3-6-13/h1-3,5-6,14H,4,7-12H2,(H,18,19). The van der Waals surface area contributed by atoms with Crippen LogP contribution in [0.15, 0.2) is 30.3 Å². The Morgan fingerprint density at radius 3 is 2.84 bits per heavy atom. The largest absolute Gasteiger partial charge is 0.481 e. The third-order valence-corrected chi connectivity index (χ3v) is 4.92. The summed E-state index contributed by atoms with van der Waals surface area (Å²) in [5.41, 5.74) is 1.38. The molecule has 2 atom stereocenters. The summed E-state index contributed by atoms with van der Waals surface area (Å²) in [6, 6.07) is 10.5. The molecule has 3 heteroatoms. The number of likely N-dealkylation sites (tertiary alicyclic amines) is 1. The molecule has 0 radical (unpaired) electrons. The van der Waals surface area contributed by atoms with Gasteiger partial charge in [0.25, 0.3) is 0 Å². The van der Waals surface area contributed by atoms with E-state index in [9.17, 15) is 9.90 Å². The van der Waals surface area contributed by atoms with Crippen molar-refractivity contribution in [3.8, 4) is 0 Å². The third-order valence-electron chi connectivity index (χ3n) is 4.92. The van der Waals surface area contributed by atoms with E-state index in [2.05, 4.69) is 29.2 Å². The maximum atomic E-state index is 11.4. The maximum absolute atomic E-state index is 11.4. The van der Waals surface area contributed by atoms with Crippen LogP contribution in [0.1, 0.15) is 31.2 Å². The van der Waals surface area contributed by atoms with Gasteiger partial charge in [0.2, 0.25) is 0 Å². The van der Waals surface area contributed by atoms with Gasteiger partial charge in [0.15, 0.2) is 0 Å². The summed E-state index contributed by atoms with van der Waals surface area (Å²) in [6.45, 7) is 2.95. The molecule has 0 amide bonds. The van der Waals surface area contributed by atoms with Crippen LogP contribution in [0.5, 0.6) is 0 Å². The van der Waals surface area contributed by atoms with Crippen molar-refractivity contribution in [2.75, 3.05) is 13.1 Å². The fourth-order valence-corrected chi connectivity index (χ4v) is 3.97. The zero-order chi connectivity index (χ0) is 13.3. The quantitative estimate of drug-likeness (QED) is 0.907. The minimum absolute atomic E-state index is 0.0562. The summed E-state index contributed by atoms with van der Waals surface area (Å²) < 4.78 is 0. The molecule has 1 saturated heterocycles. The van der Waals surface area contributed by atoms with E-state index in [4.69, 9.17) is 0 Å². The average molecular weight is 259 g/mol. The Bertz CT molecular complexity index is 459. The first-order valence-corrected chi connectivity index (χ1v) is 7.19. The van der Waals surface area contributed by atoms with Gasteiger partial charge in [0.1, 0.15) is 0 Å². The number of nitrogens with zero attached hydrogens (tertiary/aromatic N) is 1. The van der Waals surface area contributed by atoms with Gasteiger partial charge >= 0.3 is 5.97 Å². The first kappa shape index (κ1) is 12.7. The minimum atomic E-state index is -0.584. The summed E-state index contributed by atoms with van der Waals surface area (Å²) in [5.74, 6) is -0.702. The van der Waals surface area contributed by atoms with Gasteiger partial charge in [0.05, 0.1) is 5.92 Å². The van der Waals surface area contributed by atoms with Crippen molar-refractivity contribution in [2.45, 2.75) is 32.2 Å². The smallest absolute Gasteiger partial charge is 0.307 e. The number of aliphatic carboxylic acids is 1. The zero-order valence-electron chi connectivity index (χ0n) is 11.2. The lowest BCUT2D eigenvalue weighted by Crippen LogP contribution is -2.34. The van der Waals surface area contributed by atoms with Gasteiger partial charge in [-0.25, -0.2) is 0 Å². The fraction of sp³-hybridized carbons (Fsp3) is 0.562. The van der Waals surface area contributed by atoms with Crippen LogP contribution in [-0.4, -0.2) is 29.1 Å². The number of rotatable bonds is 3. The molecule has 3 rings (SSSR count). The van der Waals surface area contributed by atoms with Gasteiger partial charge in [-0.15, -0.1) is 0 Å². The van der Waals surface area contributed by atoms with Gasteiger partial charge in [-0.1, -0.05) is 36.8 Å². The van der Waals surface area contributed by atoms with Crippen molar-refractivity contribution in [2.24, 2.45) is 11.3 Å². The van der Waals surface area contributed by atoms with Crippen molar-refractivity contribution in [3.63, 3.8) is 0 Å². The molecule has 1 aromatic rings. The van der Waals surface area contributed by atoms with Crippen LogP contribution in [0.3, 0.4) is 0 Å². The number of benzene rings is 1. The number of hydrogen-bond donors (Lipinski definition) is 1. The highest BCUT2D eigenvalue weighted by Crippen LogP contribution is 2.49. The molecule has 102 valence electrons. The van der Waals surface area contributed by atoms with Crippen LogP contribution in [0, 0.1) is 11.3 Å². The number of hydrogen-bond acceptors (Lipinski definition) is 2.